The predicted octanol–water partition coefficient (Wildman–Crippen LogP) is 5.14. The Morgan fingerprint density at radius 3 is 2.75 bits per heavy atom. The molecule has 0 aliphatic rings. The molecule has 1 aromatic rings. The molecule has 0 aliphatic carbocycles. The minimum atomic E-state index is 0.555. The second-order valence-corrected chi connectivity index (χ2v) is 5.42. The molecule has 0 spiro atoms. The summed E-state index contributed by atoms with van der Waals surface area (Å²) in [5, 5.41) is 3.58. The molecule has 1 N–H and O–H groups in total. The molecule has 1 rings (SSSR count). The van der Waals surface area contributed by atoms with Crippen molar-refractivity contribution >= 4 is 21.6 Å². The smallest absolute Gasteiger partial charge is 0.0383 e. The minimum Gasteiger partial charge on any atom is -0.382 e. The van der Waals surface area contributed by atoms with Crippen LogP contribution in [0.1, 0.15) is 45.1 Å². The number of aryl methyl sites for hydroxylation is 1. The van der Waals surface area contributed by atoms with Crippen LogP contribution in [-0.4, -0.2) is 6.04 Å². The van der Waals surface area contributed by atoms with Gasteiger partial charge in [0.15, 0.2) is 0 Å². The third-order valence-electron chi connectivity index (χ3n) is 2.84. The van der Waals surface area contributed by atoms with Crippen LogP contribution in [0.15, 0.2) is 22.7 Å². The van der Waals surface area contributed by atoms with Gasteiger partial charge >= 0.3 is 0 Å². The summed E-state index contributed by atoms with van der Waals surface area (Å²) in [5.74, 6) is 0. The number of halogens is 1. The minimum absolute atomic E-state index is 0.555. The van der Waals surface area contributed by atoms with E-state index in [9.17, 15) is 0 Å². The highest BCUT2D eigenvalue weighted by Gasteiger charge is 2.04. The molecule has 90 valence electrons. The van der Waals surface area contributed by atoms with Gasteiger partial charge in [-0.1, -0.05) is 48.2 Å². The zero-order valence-corrected chi connectivity index (χ0v) is 12.1. The third kappa shape index (κ3) is 4.56. The van der Waals surface area contributed by atoms with Crippen molar-refractivity contribution in [3.8, 4) is 0 Å². The lowest BCUT2D eigenvalue weighted by Crippen LogP contribution is -2.15. The Morgan fingerprint density at radius 2 is 2.06 bits per heavy atom. The van der Waals surface area contributed by atoms with Crippen molar-refractivity contribution < 1.29 is 0 Å². The largest absolute Gasteiger partial charge is 0.382 e. The highest BCUT2D eigenvalue weighted by atomic mass is 79.9. The van der Waals surface area contributed by atoms with Gasteiger partial charge in [-0.2, -0.15) is 0 Å². The molecule has 0 saturated carbocycles. The molecule has 1 atom stereocenters. The van der Waals surface area contributed by atoms with Crippen molar-refractivity contribution in [1.29, 1.82) is 0 Å². The van der Waals surface area contributed by atoms with Crippen LogP contribution in [0.2, 0.25) is 0 Å². The molecular formula is C14H22BrN. The molecule has 16 heavy (non-hydrogen) atoms. The summed E-state index contributed by atoms with van der Waals surface area (Å²) in [4.78, 5) is 0. The number of anilines is 1. The zero-order chi connectivity index (χ0) is 12.0. The van der Waals surface area contributed by atoms with Crippen LogP contribution >= 0.6 is 15.9 Å². The quantitative estimate of drug-likeness (QED) is 0.713. The van der Waals surface area contributed by atoms with Crippen LogP contribution in [0, 0.1) is 6.92 Å². The van der Waals surface area contributed by atoms with Crippen molar-refractivity contribution in [2.24, 2.45) is 0 Å². The molecule has 2 heteroatoms. The van der Waals surface area contributed by atoms with E-state index in [0.717, 1.165) is 4.47 Å². The molecule has 0 bridgehead atoms. The molecule has 1 nitrogen and oxygen atoms in total. The Balaban J connectivity index is 2.48. The van der Waals surface area contributed by atoms with Gasteiger partial charge in [-0.15, -0.1) is 0 Å². The maximum atomic E-state index is 3.58. The molecule has 0 amide bonds. The molecule has 1 unspecified atom stereocenters. The molecular weight excluding hydrogens is 262 g/mol. The average molecular weight is 284 g/mol. The Labute approximate surface area is 108 Å². The van der Waals surface area contributed by atoms with Crippen molar-refractivity contribution in [3.63, 3.8) is 0 Å². The van der Waals surface area contributed by atoms with E-state index in [1.165, 1.54) is 36.9 Å². The van der Waals surface area contributed by atoms with Gasteiger partial charge in [0.25, 0.3) is 0 Å². The number of hydrogen-bond acceptors (Lipinski definition) is 1. The van der Waals surface area contributed by atoms with Crippen LogP contribution < -0.4 is 5.32 Å². The van der Waals surface area contributed by atoms with E-state index >= 15 is 0 Å². The number of benzene rings is 1. The lowest BCUT2D eigenvalue weighted by atomic mass is 10.1. The standard InChI is InChI=1S/C14H22BrN/c1-4-5-6-7-12(3)16-14-10-13(15)9-8-11(14)2/h8-10,12,16H,4-7H2,1-3H3. The fourth-order valence-corrected chi connectivity index (χ4v) is 2.15. The Hall–Kier alpha value is -0.500. The van der Waals surface area contributed by atoms with Crippen LogP contribution in [0.25, 0.3) is 0 Å². The number of unbranched alkanes of at least 4 members (excludes halogenated alkanes) is 2. The highest BCUT2D eigenvalue weighted by Crippen LogP contribution is 2.22. The van der Waals surface area contributed by atoms with E-state index in [4.69, 9.17) is 0 Å². The van der Waals surface area contributed by atoms with E-state index in [-0.39, 0.29) is 0 Å². The summed E-state index contributed by atoms with van der Waals surface area (Å²) in [6, 6.07) is 6.94. The van der Waals surface area contributed by atoms with Crippen LogP contribution in [0.5, 0.6) is 0 Å². The topological polar surface area (TPSA) is 12.0 Å². The number of hydrogen-bond donors (Lipinski definition) is 1. The first-order valence-electron chi connectivity index (χ1n) is 6.16. The van der Waals surface area contributed by atoms with Gasteiger partial charge < -0.3 is 5.32 Å². The van der Waals surface area contributed by atoms with Crippen LogP contribution in [-0.2, 0) is 0 Å². The van der Waals surface area contributed by atoms with E-state index < -0.39 is 0 Å². The second kappa shape index (κ2) is 6.95. The first-order valence-corrected chi connectivity index (χ1v) is 6.95. The first kappa shape index (κ1) is 13.6. The fourth-order valence-electron chi connectivity index (χ4n) is 1.79. The maximum Gasteiger partial charge on any atom is 0.0383 e. The molecule has 0 radical (unpaired) electrons. The van der Waals surface area contributed by atoms with Gasteiger partial charge in [0.1, 0.15) is 0 Å². The van der Waals surface area contributed by atoms with Gasteiger partial charge in [-0.05, 0) is 38.0 Å². The number of rotatable bonds is 6. The summed E-state index contributed by atoms with van der Waals surface area (Å²) >= 11 is 3.51. The van der Waals surface area contributed by atoms with Crippen molar-refractivity contribution in [2.45, 2.75) is 52.5 Å². The molecule has 0 fully saturated rings. The van der Waals surface area contributed by atoms with E-state index in [1.807, 2.05) is 0 Å². The van der Waals surface area contributed by atoms with Crippen molar-refractivity contribution in [2.75, 3.05) is 5.32 Å². The monoisotopic (exact) mass is 283 g/mol. The fraction of sp³-hybridized carbons (Fsp3) is 0.571. The predicted molar refractivity (Wildman–Crippen MR) is 76.1 cm³/mol. The summed E-state index contributed by atoms with van der Waals surface area (Å²) < 4.78 is 1.14. The van der Waals surface area contributed by atoms with E-state index in [2.05, 4.69) is 60.2 Å². The molecule has 1 aromatic carbocycles. The van der Waals surface area contributed by atoms with Crippen molar-refractivity contribution in [1.82, 2.24) is 0 Å². The Bertz CT molecular complexity index is 323. The Morgan fingerprint density at radius 1 is 1.31 bits per heavy atom. The van der Waals surface area contributed by atoms with Gasteiger partial charge in [0.05, 0.1) is 0 Å². The van der Waals surface area contributed by atoms with Gasteiger partial charge in [-0.25, -0.2) is 0 Å². The second-order valence-electron chi connectivity index (χ2n) is 4.50. The lowest BCUT2D eigenvalue weighted by molar-refractivity contribution is 0.615. The molecule has 0 heterocycles. The first-order chi connectivity index (χ1) is 7.63. The number of nitrogens with one attached hydrogen (secondary N) is 1. The molecule has 0 aromatic heterocycles. The van der Waals surface area contributed by atoms with Crippen LogP contribution in [0.4, 0.5) is 5.69 Å². The Kier molecular flexibility index (Phi) is 5.89. The molecule has 0 saturated heterocycles. The SMILES string of the molecule is CCCCCC(C)Nc1cc(Br)ccc1C. The van der Waals surface area contributed by atoms with Crippen molar-refractivity contribution in [3.05, 3.63) is 28.2 Å². The van der Waals surface area contributed by atoms with Gasteiger partial charge in [0.2, 0.25) is 0 Å². The normalized spacial score (nSPS) is 12.5. The van der Waals surface area contributed by atoms with E-state index in [0.29, 0.717) is 6.04 Å². The van der Waals surface area contributed by atoms with Crippen LogP contribution in [0.3, 0.4) is 0 Å². The summed E-state index contributed by atoms with van der Waals surface area (Å²) in [6.07, 6.45) is 5.20. The van der Waals surface area contributed by atoms with Gasteiger partial charge in [0, 0.05) is 16.2 Å². The third-order valence-corrected chi connectivity index (χ3v) is 3.34. The zero-order valence-electron chi connectivity index (χ0n) is 10.5. The maximum absolute atomic E-state index is 3.58. The summed E-state index contributed by atoms with van der Waals surface area (Å²) in [7, 11) is 0. The lowest BCUT2D eigenvalue weighted by Gasteiger charge is -2.17. The van der Waals surface area contributed by atoms with Gasteiger partial charge in [-0.3, -0.25) is 0 Å². The molecule has 0 aliphatic heterocycles. The highest BCUT2D eigenvalue weighted by molar-refractivity contribution is 9.10. The van der Waals surface area contributed by atoms with E-state index in [1.54, 1.807) is 0 Å². The summed E-state index contributed by atoms with van der Waals surface area (Å²) in [6.45, 7) is 6.65. The average Bonchev–Trinajstić information content (AvgIpc) is 2.24. The summed E-state index contributed by atoms with van der Waals surface area (Å²) in [5.41, 5.74) is 2.56.